The highest BCUT2D eigenvalue weighted by molar-refractivity contribution is 7.92. The van der Waals surface area contributed by atoms with Gasteiger partial charge in [-0.1, -0.05) is 39.3 Å². The molecular weight excluding hydrogens is 392 g/mol. The number of carbonyl (C=O) groups is 2. The standard InChI is InChI=1S/C21H32N2O5S/c1-5-21(2,3)15-10-12-16(13-11-15)22-19(24)14-28-20(25)17-8-6-7-9-18(17)23-29(4,26)27/h6-9,15-16,23H,5,10-14H2,1-4H3,(H,22,24). The molecule has 0 aliphatic heterocycles. The summed E-state index contributed by atoms with van der Waals surface area (Å²) in [7, 11) is -3.54. The number of rotatable bonds is 8. The summed E-state index contributed by atoms with van der Waals surface area (Å²) < 4.78 is 30.2. The van der Waals surface area contributed by atoms with E-state index < -0.39 is 22.6 Å². The molecule has 0 aromatic heterocycles. The van der Waals surface area contributed by atoms with Crippen LogP contribution in [0.4, 0.5) is 5.69 Å². The number of nitrogens with one attached hydrogen (secondary N) is 2. The molecule has 1 aliphatic carbocycles. The highest BCUT2D eigenvalue weighted by Crippen LogP contribution is 2.40. The van der Waals surface area contributed by atoms with Crippen LogP contribution in [0.2, 0.25) is 0 Å². The van der Waals surface area contributed by atoms with Crippen LogP contribution < -0.4 is 10.0 Å². The summed E-state index contributed by atoms with van der Waals surface area (Å²) in [6.07, 6.45) is 6.15. The van der Waals surface area contributed by atoms with E-state index in [9.17, 15) is 18.0 Å². The molecule has 0 bridgehead atoms. The normalized spacial score (nSPS) is 20.0. The molecular formula is C21H32N2O5S. The van der Waals surface area contributed by atoms with E-state index >= 15 is 0 Å². The first kappa shape index (κ1) is 23.2. The molecule has 2 rings (SSSR count). The second-order valence-electron chi connectivity index (χ2n) is 8.45. The zero-order valence-electron chi connectivity index (χ0n) is 17.7. The number of hydrogen-bond donors (Lipinski definition) is 2. The average molecular weight is 425 g/mol. The Kier molecular flexibility index (Phi) is 7.68. The lowest BCUT2D eigenvalue weighted by Gasteiger charge is -2.39. The van der Waals surface area contributed by atoms with Gasteiger partial charge in [-0.25, -0.2) is 13.2 Å². The van der Waals surface area contributed by atoms with Crippen molar-refractivity contribution in [2.75, 3.05) is 17.6 Å². The van der Waals surface area contributed by atoms with Gasteiger partial charge in [0.25, 0.3) is 5.91 Å². The maximum Gasteiger partial charge on any atom is 0.340 e. The van der Waals surface area contributed by atoms with Crippen LogP contribution in [0, 0.1) is 11.3 Å². The third kappa shape index (κ3) is 7.03. The summed E-state index contributed by atoms with van der Waals surface area (Å²) in [5.41, 5.74) is 0.503. The van der Waals surface area contributed by atoms with Gasteiger partial charge >= 0.3 is 5.97 Å². The Morgan fingerprint density at radius 3 is 2.34 bits per heavy atom. The van der Waals surface area contributed by atoms with Crippen molar-refractivity contribution in [3.63, 3.8) is 0 Å². The van der Waals surface area contributed by atoms with Gasteiger partial charge in [0.05, 0.1) is 17.5 Å². The van der Waals surface area contributed by atoms with Crippen LogP contribution in [-0.4, -0.2) is 39.2 Å². The Morgan fingerprint density at radius 1 is 1.14 bits per heavy atom. The van der Waals surface area contributed by atoms with E-state index in [0.29, 0.717) is 11.3 Å². The number of benzene rings is 1. The van der Waals surface area contributed by atoms with Gasteiger partial charge in [0.15, 0.2) is 6.61 Å². The number of anilines is 1. The van der Waals surface area contributed by atoms with Crippen LogP contribution in [-0.2, 0) is 19.6 Å². The Hall–Kier alpha value is -2.09. The minimum absolute atomic E-state index is 0.0630. The van der Waals surface area contributed by atoms with Crippen molar-refractivity contribution in [1.82, 2.24) is 5.32 Å². The third-order valence-corrected chi connectivity index (χ3v) is 6.48. The van der Waals surface area contributed by atoms with Crippen molar-refractivity contribution in [2.45, 2.75) is 58.9 Å². The summed E-state index contributed by atoms with van der Waals surface area (Å²) in [6.45, 7) is 6.41. The molecule has 1 amide bonds. The second-order valence-corrected chi connectivity index (χ2v) is 10.2. The molecule has 0 spiro atoms. The quantitative estimate of drug-likeness (QED) is 0.623. The number of ether oxygens (including phenoxy) is 1. The van der Waals surface area contributed by atoms with E-state index in [1.54, 1.807) is 12.1 Å². The molecule has 8 heteroatoms. The molecule has 1 fully saturated rings. The Bertz CT molecular complexity index is 827. The molecule has 0 radical (unpaired) electrons. The zero-order chi connectivity index (χ0) is 21.7. The first-order valence-corrected chi connectivity index (χ1v) is 11.9. The van der Waals surface area contributed by atoms with Gasteiger partial charge in [-0.05, 0) is 49.1 Å². The topological polar surface area (TPSA) is 102 Å². The van der Waals surface area contributed by atoms with E-state index in [2.05, 4.69) is 30.8 Å². The van der Waals surface area contributed by atoms with Gasteiger partial charge in [0.2, 0.25) is 10.0 Å². The van der Waals surface area contributed by atoms with Crippen LogP contribution in [0.3, 0.4) is 0 Å². The second kappa shape index (κ2) is 9.61. The van der Waals surface area contributed by atoms with Crippen molar-refractivity contribution in [2.24, 2.45) is 11.3 Å². The highest BCUT2D eigenvalue weighted by Gasteiger charge is 2.32. The van der Waals surface area contributed by atoms with Gasteiger partial charge in [0.1, 0.15) is 0 Å². The lowest BCUT2D eigenvalue weighted by atomic mass is 9.69. The van der Waals surface area contributed by atoms with Crippen LogP contribution in [0.1, 0.15) is 63.2 Å². The van der Waals surface area contributed by atoms with Crippen molar-refractivity contribution >= 4 is 27.6 Å². The molecule has 0 saturated heterocycles. The molecule has 1 aromatic rings. The minimum Gasteiger partial charge on any atom is -0.452 e. The Morgan fingerprint density at radius 2 is 1.76 bits per heavy atom. The fourth-order valence-electron chi connectivity index (χ4n) is 3.74. The molecule has 0 heterocycles. The average Bonchev–Trinajstić information content (AvgIpc) is 2.65. The van der Waals surface area contributed by atoms with E-state index in [0.717, 1.165) is 38.4 Å². The maximum atomic E-state index is 12.3. The lowest BCUT2D eigenvalue weighted by molar-refractivity contribution is -0.125. The largest absolute Gasteiger partial charge is 0.452 e. The monoisotopic (exact) mass is 424 g/mol. The first-order chi connectivity index (χ1) is 13.5. The summed E-state index contributed by atoms with van der Waals surface area (Å²) in [6, 6.07) is 6.22. The molecule has 1 aliphatic rings. The SMILES string of the molecule is CCC(C)(C)C1CCC(NC(=O)COC(=O)c2ccccc2NS(C)(=O)=O)CC1. The van der Waals surface area contributed by atoms with Crippen LogP contribution in [0.25, 0.3) is 0 Å². The number of hydrogen-bond acceptors (Lipinski definition) is 5. The lowest BCUT2D eigenvalue weighted by Crippen LogP contribution is -2.41. The summed E-state index contributed by atoms with van der Waals surface area (Å²) in [5.74, 6) is -0.428. The first-order valence-electron chi connectivity index (χ1n) is 10.0. The zero-order valence-corrected chi connectivity index (χ0v) is 18.5. The smallest absolute Gasteiger partial charge is 0.340 e. The van der Waals surface area contributed by atoms with Gasteiger partial charge in [0, 0.05) is 6.04 Å². The Labute approximate surface area is 173 Å². The van der Waals surface area contributed by atoms with Gasteiger partial charge in [-0.3, -0.25) is 9.52 Å². The van der Waals surface area contributed by atoms with Crippen LogP contribution >= 0.6 is 0 Å². The van der Waals surface area contributed by atoms with Crippen molar-refractivity contribution in [1.29, 1.82) is 0 Å². The molecule has 7 nitrogen and oxygen atoms in total. The Balaban J connectivity index is 1.84. The fraction of sp³-hybridized carbons (Fsp3) is 0.619. The summed E-state index contributed by atoms with van der Waals surface area (Å²) in [5, 5.41) is 2.94. The van der Waals surface area contributed by atoms with Gasteiger partial charge in [-0.15, -0.1) is 0 Å². The highest BCUT2D eigenvalue weighted by atomic mass is 32.2. The number of sulfonamides is 1. The fourth-order valence-corrected chi connectivity index (χ4v) is 4.31. The van der Waals surface area contributed by atoms with Gasteiger partial charge in [-0.2, -0.15) is 0 Å². The van der Waals surface area contributed by atoms with Crippen molar-refractivity contribution in [3.05, 3.63) is 29.8 Å². The van der Waals surface area contributed by atoms with Crippen LogP contribution in [0.5, 0.6) is 0 Å². The summed E-state index contributed by atoms with van der Waals surface area (Å²) >= 11 is 0. The number of esters is 1. The molecule has 2 N–H and O–H groups in total. The maximum absolute atomic E-state index is 12.3. The summed E-state index contributed by atoms with van der Waals surface area (Å²) in [4.78, 5) is 24.5. The molecule has 0 unspecified atom stereocenters. The predicted octanol–water partition coefficient (Wildman–Crippen LogP) is 3.33. The van der Waals surface area contributed by atoms with Crippen molar-refractivity contribution < 1.29 is 22.7 Å². The molecule has 1 saturated carbocycles. The number of carbonyl (C=O) groups excluding carboxylic acids is 2. The molecule has 0 atom stereocenters. The third-order valence-electron chi connectivity index (χ3n) is 5.89. The minimum atomic E-state index is -3.54. The predicted molar refractivity (Wildman–Crippen MR) is 113 cm³/mol. The molecule has 1 aromatic carbocycles. The van der Waals surface area contributed by atoms with E-state index in [1.807, 2.05) is 0 Å². The van der Waals surface area contributed by atoms with E-state index in [1.165, 1.54) is 12.1 Å². The molecule has 162 valence electrons. The van der Waals surface area contributed by atoms with Gasteiger partial charge < -0.3 is 10.1 Å². The van der Waals surface area contributed by atoms with E-state index in [4.69, 9.17) is 4.74 Å². The van der Waals surface area contributed by atoms with E-state index in [-0.39, 0.29) is 23.2 Å². The van der Waals surface area contributed by atoms with Crippen LogP contribution in [0.15, 0.2) is 24.3 Å². The number of amides is 1. The molecule has 29 heavy (non-hydrogen) atoms. The number of para-hydroxylation sites is 1. The van der Waals surface area contributed by atoms with Crippen molar-refractivity contribution in [3.8, 4) is 0 Å².